The minimum atomic E-state index is -0.609. The predicted octanol–water partition coefficient (Wildman–Crippen LogP) is 6.64. The standard InChI is InChI=1S/C33H38O5/c1-3-4-14-21-35-33-26(2)31(36-23-28-17-10-6-11-18-28)32(37-24-29-19-12-7-13-20-29)30(38-33)25-34-22-27-15-8-5-9-16-27/h3,5-13,15-20,30-33H,1-2,4,14,21-25H2/t30-,31-,32+,33+/m1/s1. The molecule has 4 rings (SSSR count). The number of hydrogen-bond donors (Lipinski definition) is 0. The first kappa shape index (κ1) is 28.0. The van der Waals surface area contributed by atoms with Crippen LogP contribution < -0.4 is 0 Å². The van der Waals surface area contributed by atoms with Crippen LogP contribution in [-0.4, -0.2) is 37.8 Å². The first-order chi connectivity index (χ1) is 18.7. The average molecular weight is 515 g/mol. The summed E-state index contributed by atoms with van der Waals surface area (Å²) in [5.41, 5.74) is 3.97. The second-order valence-corrected chi connectivity index (χ2v) is 9.36. The van der Waals surface area contributed by atoms with E-state index in [1.165, 1.54) is 0 Å². The molecule has 0 spiro atoms. The summed E-state index contributed by atoms with van der Waals surface area (Å²) < 4.78 is 31.6. The van der Waals surface area contributed by atoms with Crippen molar-refractivity contribution in [2.45, 2.75) is 57.3 Å². The molecular weight excluding hydrogens is 476 g/mol. The van der Waals surface area contributed by atoms with E-state index < -0.39 is 24.6 Å². The van der Waals surface area contributed by atoms with Crippen LogP contribution in [0.1, 0.15) is 29.5 Å². The molecule has 4 atom stereocenters. The van der Waals surface area contributed by atoms with Crippen LogP contribution in [0.5, 0.6) is 0 Å². The Balaban J connectivity index is 1.51. The van der Waals surface area contributed by atoms with Crippen LogP contribution in [0.15, 0.2) is 116 Å². The van der Waals surface area contributed by atoms with Gasteiger partial charge in [0, 0.05) is 5.57 Å². The zero-order valence-electron chi connectivity index (χ0n) is 22.0. The maximum atomic E-state index is 6.49. The fraction of sp³-hybridized carbons (Fsp3) is 0.333. The minimum Gasteiger partial charge on any atom is -0.374 e. The van der Waals surface area contributed by atoms with Crippen molar-refractivity contribution in [3.05, 3.63) is 132 Å². The van der Waals surface area contributed by atoms with Crippen LogP contribution in [0.25, 0.3) is 0 Å². The van der Waals surface area contributed by atoms with Gasteiger partial charge in [0.1, 0.15) is 18.3 Å². The number of hydrogen-bond acceptors (Lipinski definition) is 5. The van der Waals surface area contributed by atoms with E-state index in [9.17, 15) is 0 Å². The van der Waals surface area contributed by atoms with E-state index in [0.29, 0.717) is 33.0 Å². The lowest BCUT2D eigenvalue weighted by Gasteiger charge is -2.42. The average Bonchev–Trinajstić information content (AvgIpc) is 2.96. The van der Waals surface area contributed by atoms with Gasteiger partial charge in [0.05, 0.1) is 33.0 Å². The molecule has 1 saturated heterocycles. The van der Waals surface area contributed by atoms with E-state index in [0.717, 1.165) is 35.1 Å². The molecule has 1 aliphatic rings. The third-order valence-electron chi connectivity index (χ3n) is 6.40. The Morgan fingerprint density at radius 3 is 1.84 bits per heavy atom. The molecule has 0 bridgehead atoms. The summed E-state index contributed by atoms with van der Waals surface area (Å²) in [6.45, 7) is 10.3. The molecule has 200 valence electrons. The summed E-state index contributed by atoms with van der Waals surface area (Å²) in [5.74, 6) is 0. The number of ether oxygens (including phenoxy) is 5. The quantitative estimate of drug-likeness (QED) is 0.168. The van der Waals surface area contributed by atoms with Gasteiger partial charge < -0.3 is 23.7 Å². The summed E-state index contributed by atoms with van der Waals surface area (Å²) >= 11 is 0. The van der Waals surface area contributed by atoms with Crippen molar-refractivity contribution in [3.8, 4) is 0 Å². The SMILES string of the molecule is C=CCCCO[C@H]1O[C@H](COCc2ccccc2)[C@H](OCc2ccccc2)[C@H](OCc2ccccc2)C1=C. The lowest BCUT2D eigenvalue weighted by molar-refractivity contribution is -0.249. The molecule has 5 heteroatoms. The summed E-state index contributed by atoms with van der Waals surface area (Å²) in [6, 6.07) is 30.3. The summed E-state index contributed by atoms with van der Waals surface area (Å²) in [6.07, 6.45) is 1.76. The third-order valence-corrected chi connectivity index (χ3v) is 6.40. The van der Waals surface area contributed by atoms with Crippen molar-refractivity contribution >= 4 is 0 Å². The van der Waals surface area contributed by atoms with Crippen molar-refractivity contribution in [3.63, 3.8) is 0 Å². The molecule has 3 aromatic carbocycles. The Bertz CT molecular complexity index is 1090. The van der Waals surface area contributed by atoms with Gasteiger partial charge in [-0.3, -0.25) is 0 Å². The van der Waals surface area contributed by atoms with Crippen molar-refractivity contribution in [1.82, 2.24) is 0 Å². The fourth-order valence-electron chi connectivity index (χ4n) is 4.35. The Hall–Kier alpha value is -3.06. The molecule has 1 heterocycles. The van der Waals surface area contributed by atoms with E-state index in [4.69, 9.17) is 23.7 Å². The summed E-state index contributed by atoms with van der Waals surface area (Å²) in [4.78, 5) is 0. The highest BCUT2D eigenvalue weighted by atomic mass is 16.7. The molecule has 1 aliphatic heterocycles. The lowest BCUT2D eigenvalue weighted by Crippen LogP contribution is -2.54. The largest absolute Gasteiger partial charge is 0.374 e. The fourth-order valence-corrected chi connectivity index (χ4v) is 4.35. The minimum absolute atomic E-state index is 0.333. The first-order valence-corrected chi connectivity index (χ1v) is 13.2. The van der Waals surface area contributed by atoms with Crippen LogP contribution in [0.4, 0.5) is 0 Å². The van der Waals surface area contributed by atoms with Gasteiger partial charge in [0.25, 0.3) is 0 Å². The van der Waals surface area contributed by atoms with E-state index >= 15 is 0 Å². The maximum absolute atomic E-state index is 6.49. The van der Waals surface area contributed by atoms with Gasteiger partial charge in [-0.25, -0.2) is 0 Å². The van der Waals surface area contributed by atoms with E-state index in [-0.39, 0.29) is 0 Å². The molecule has 0 N–H and O–H groups in total. The molecule has 0 aliphatic carbocycles. The summed E-state index contributed by atoms with van der Waals surface area (Å²) in [5, 5.41) is 0. The smallest absolute Gasteiger partial charge is 0.182 e. The molecule has 0 amide bonds. The molecule has 5 nitrogen and oxygen atoms in total. The molecule has 0 aromatic heterocycles. The molecule has 1 fully saturated rings. The van der Waals surface area contributed by atoms with Gasteiger partial charge in [-0.15, -0.1) is 6.58 Å². The van der Waals surface area contributed by atoms with Gasteiger partial charge in [0.2, 0.25) is 0 Å². The second-order valence-electron chi connectivity index (χ2n) is 9.36. The highest BCUT2D eigenvalue weighted by Gasteiger charge is 2.43. The van der Waals surface area contributed by atoms with Gasteiger partial charge in [-0.1, -0.05) is 104 Å². The molecule has 38 heavy (non-hydrogen) atoms. The number of allylic oxidation sites excluding steroid dienone is 1. The normalized spacial score (nSPS) is 21.3. The third kappa shape index (κ3) is 8.48. The maximum Gasteiger partial charge on any atom is 0.182 e. The monoisotopic (exact) mass is 514 g/mol. The Kier molecular flexibility index (Phi) is 11.3. The Labute approximate surface area is 226 Å². The van der Waals surface area contributed by atoms with Crippen LogP contribution in [0.2, 0.25) is 0 Å². The molecule has 0 saturated carbocycles. The lowest BCUT2D eigenvalue weighted by atomic mass is 9.96. The number of rotatable bonds is 15. The van der Waals surface area contributed by atoms with E-state index in [2.05, 4.69) is 13.2 Å². The molecular formula is C33H38O5. The molecule has 3 aromatic rings. The van der Waals surface area contributed by atoms with Gasteiger partial charge >= 0.3 is 0 Å². The highest BCUT2D eigenvalue weighted by Crippen LogP contribution is 2.31. The van der Waals surface area contributed by atoms with Crippen molar-refractivity contribution in [2.24, 2.45) is 0 Å². The molecule has 0 radical (unpaired) electrons. The van der Waals surface area contributed by atoms with Gasteiger partial charge in [-0.05, 0) is 29.5 Å². The topological polar surface area (TPSA) is 46.2 Å². The Morgan fingerprint density at radius 2 is 1.26 bits per heavy atom. The van der Waals surface area contributed by atoms with Crippen molar-refractivity contribution in [1.29, 1.82) is 0 Å². The van der Waals surface area contributed by atoms with Crippen LogP contribution in [0.3, 0.4) is 0 Å². The first-order valence-electron chi connectivity index (χ1n) is 13.2. The predicted molar refractivity (Wildman–Crippen MR) is 149 cm³/mol. The Morgan fingerprint density at radius 1 is 0.711 bits per heavy atom. The van der Waals surface area contributed by atoms with Crippen molar-refractivity contribution < 1.29 is 23.7 Å². The van der Waals surface area contributed by atoms with Crippen molar-refractivity contribution in [2.75, 3.05) is 13.2 Å². The van der Waals surface area contributed by atoms with E-state index in [1.807, 2.05) is 97.1 Å². The van der Waals surface area contributed by atoms with E-state index in [1.54, 1.807) is 0 Å². The number of benzene rings is 3. The van der Waals surface area contributed by atoms with Gasteiger partial charge in [0.15, 0.2) is 6.29 Å². The second kappa shape index (κ2) is 15.4. The van der Waals surface area contributed by atoms with Crippen LogP contribution >= 0.6 is 0 Å². The highest BCUT2D eigenvalue weighted by molar-refractivity contribution is 5.18. The van der Waals surface area contributed by atoms with Crippen LogP contribution in [0, 0.1) is 0 Å². The zero-order valence-corrected chi connectivity index (χ0v) is 22.0. The number of unbranched alkanes of at least 4 members (excludes halogenated alkanes) is 1. The summed E-state index contributed by atoms with van der Waals surface area (Å²) in [7, 11) is 0. The molecule has 0 unspecified atom stereocenters. The van der Waals surface area contributed by atoms with Crippen LogP contribution in [-0.2, 0) is 43.5 Å². The van der Waals surface area contributed by atoms with Gasteiger partial charge in [-0.2, -0.15) is 0 Å². The zero-order chi connectivity index (χ0) is 26.4.